The smallest absolute Gasteiger partial charge is 0.215 e. The SMILES string of the molecule is OCCn1c(-c2cccs2)cn2c3ccccc3nc12. The molecule has 4 rings (SSSR count). The van der Waals surface area contributed by atoms with Gasteiger partial charge in [0.05, 0.1) is 28.2 Å². The molecule has 5 heteroatoms. The van der Waals surface area contributed by atoms with Crippen LogP contribution in [0.25, 0.3) is 27.4 Å². The lowest BCUT2D eigenvalue weighted by Crippen LogP contribution is -2.03. The second-order valence-electron chi connectivity index (χ2n) is 4.64. The number of para-hydroxylation sites is 2. The first-order valence-corrected chi connectivity index (χ1v) is 7.37. The monoisotopic (exact) mass is 283 g/mol. The zero-order valence-corrected chi connectivity index (χ0v) is 11.5. The fraction of sp³-hybridized carbons (Fsp3) is 0.133. The number of thiophene rings is 1. The van der Waals surface area contributed by atoms with Gasteiger partial charge < -0.3 is 9.67 Å². The maximum atomic E-state index is 9.34. The molecule has 0 saturated heterocycles. The number of hydrogen-bond donors (Lipinski definition) is 1. The maximum Gasteiger partial charge on any atom is 0.215 e. The largest absolute Gasteiger partial charge is 0.395 e. The van der Waals surface area contributed by atoms with Gasteiger partial charge in [-0.15, -0.1) is 11.3 Å². The van der Waals surface area contributed by atoms with E-state index in [2.05, 4.69) is 37.7 Å². The Morgan fingerprint density at radius 3 is 2.85 bits per heavy atom. The first-order chi connectivity index (χ1) is 9.88. The van der Waals surface area contributed by atoms with Crippen molar-refractivity contribution in [2.45, 2.75) is 6.54 Å². The highest BCUT2D eigenvalue weighted by atomic mass is 32.1. The van der Waals surface area contributed by atoms with Crippen molar-refractivity contribution < 1.29 is 5.11 Å². The molecule has 100 valence electrons. The number of aromatic nitrogens is 3. The molecule has 3 aromatic heterocycles. The first kappa shape index (κ1) is 11.7. The normalized spacial score (nSPS) is 11.7. The minimum Gasteiger partial charge on any atom is -0.395 e. The molecular weight excluding hydrogens is 270 g/mol. The molecule has 0 spiro atoms. The number of rotatable bonds is 3. The Morgan fingerprint density at radius 2 is 2.05 bits per heavy atom. The molecule has 4 aromatic rings. The Morgan fingerprint density at radius 1 is 1.15 bits per heavy atom. The molecule has 3 heterocycles. The van der Waals surface area contributed by atoms with Gasteiger partial charge in [-0.05, 0) is 23.6 Å². The van der Waals surface area contributed by atoms with E-state index in [1.807, 2.05) is 24.3 Å². The van der Waals surface area contributed by atoms with Gasteiger partial charge in [0.15, 0.2) is 0 Å². The zero-order chi connectivity index (χ0) is 13.5. The van der Waals surface area contributed by atoms with E-state index in [4.69, 9.17) is 0 Å². The second kappa shape index (κ2) is 4.47. The van der Waals surface area contributed by atoms with E-state index in [1.54, 1.807) is 11.3 Å². The average molecular weight is 283 g/mol. The van der Waals surface area contributed by atoms with Crippen LogP contribution in [0, 0.1) is 0 Å². The minimum absolute atomic E-state index is 0.103. The average Bonchev–Trinajstić information content (AvgIpc) is 3.15. The number of hydrogen-bond acceptors (Lipinski definition) is 3. The third-order valence-corrected chi connectivity index (χ3v) is 4.35. The van der Waals surface area contributed by atoms with Crippen LogP contribution in [0.15, 0.2) is 48.0 Å². The lowest BCUT2D eigenvalue weighted by atomic mass is 10.3. The lowest BCUT2D eigenvalue weighted by molar-refractivity contribution is 0.278. The van der Waals surface area contributed by atoms with Gasteiger partial charge in [-0.1, -0.05) is 18.2 Å². The Bertz CT molecular complexity index is 873. The molecule has 0 bridgehead atoms. The Balaban J connectivity index is 2.06. The quantitative estimate of drug-likeness (QED) is 0.628. The predicted molar refractivity (Wildman–Crippen MR) is 81.1 cm³/mol. The van der Waals surface area contributed by atoms with E-state index in [0.717, 1.165) is 22.5 Å². The number of imidazole rings is 2. The standard InChI is InChI=1S/C15H13N3OS/c19-8-7-17-13(14-6-3-9-20-14)10-18-12-5-2-1-4-11(12)16-15(17)18/h1-6,9-10,19H,7-8H2. The van der Waals surface area contributed by atoms with Crippen molar-refractivity contribution in [3.63, 3.8) is 0 Å². The van der Waals surface area contributed by atoms with Crippen LogP contribution < -0.4 is 0 Å². The number of aliphatic hydroxyl groups is 1. The molecule has 0 aliphatic heterocycles. The maximum absolute atomic E-state index is 9.34. The van der Waals surface area contributed by atoms with Crippen molar-refractivity contribution in [1.82, 2.24) is 14.0 Å². The van der Waals surface area contributed by atoms with E-state index >= 15 is 0 Å². The van der Waals surface area contributed by atoms with Crippen LogP contribution in [0.3, 0.4) is 0 Å². The highest BCUT2D eigenvalue weighted by molar-refractivity contribution is 7.13. The molecule has 0 saturated carbocycles. The van der Waals surface area contributed by atoms with Gasteiger partial charge >= 0.3 is 0 Å². The van der Waals surface area contributed by atoms with Crippen molar-refractivity contribution in [2.75, 3.05) is 6.61 Å². The molecule has 0 atom stereocenters. The molecule has 0 aliphatic carbocycles. The number of benzene rings is 1. The van der Waals surface area contributed by atoms with Crippen LogP contribution in [0.1, 0.15) is 0 Å². The van der Waals surface area contributed by atoms with Gasteiger partial charge in [0.2, 0.25) is 5.78 Å². The molecule has 0 aliphatic rings. The van der Waals surface area contributed by atoms with Crippen LogP contribution in [0.5, 0.6) is 0 Å². The van der Waals surface area contributed by atoms with Crippen molar-refractivity contribution in [2.24, 2.45) is 0 Å². The third-order valence-electron chi connectivity index (χ3n) is 3.46. The van der Waals surface area contributed by atoms with E-state index in [9.17, 15) is 5.11 Å². The van der Waals surface area contributed by atoms with Gasteiger partial charge in [0.1, 0.15) is 0 Å². The molecule has 0 fully saturated rings. The van der Waals surface area contributed by atoms with Crippen LogP contribution in [0.4, 0.5) is 0 Å². The van der Waals surface area contributed by atoms with E-state index in [1.165, 1.54) is 4.88 Å². The van der Waals surface area contributed by atoms with Crippen LogP contribution in [-0.2, 0) is 6.54 Å². The fourth-order valence-corrected chi connectivity index (χ4v) is 3.34. The summed E-state index contributed by atoms with van der Waals surface area (Å²) in [5.41, 5.74) is 3.17. The van der Waals surface area contributed by atoms with E-state index < -0.39 is 0 Å². The lowest BCUT2D eigenvalue weighted by Gasteiger charge is -2.04. The van der Waals surface area contributed by atoms with E-state index in [-0.39, 0.29) is 6.61 Å². The van der Waals surface area contributed by atoms with Crippen molar-refractivity contribution in [3.05, 3.63) is 48.0 Å². The summed E-state index contributed by atoms with van der Waals surface area (Å²) in [5, 5.41) is 11.4. The van der Waals surface area contributed by atoms with Gasteiger partial charge in [0.25, 0.3) is 0 Å². The van der Waals surface area contributed by atoms with Crippen molar-refractivity contribution in [3.8, 4) is 10.6 Å². The Kier molecular flexibility index (Phi) is 2.61. The second-order valence-corrected chi connectivity index (χ2v) is 5.59. The Labute approximate surface area is 119 Å². The van der Waals surface area contributed by atoms with Gasteiger partial charge in [-0.3, -0.25) is 4.40 Å². The van der Waals surface area contributed by atoms with Crippen molar-refractivity contribution in [1.29, 1.82) is 0 Å². The van der Waals surface area contributed by atoms with Crippen LogP contribution >= 0.6 is 11.3 Å². The van der Waals surface area contributed by atoms with E-state index in [0.29, 0.717) is 6.54 Å². The fourth-order valence-electron chi connectivity index (χ4n) is 2.59. The molecule has 0 amide bonds. The van der Waals surface area contributed by atoms with Crippen LogP contribution in [0.2, 0.25) is 0 Å². The zero-order valence-electron chi connectivity index (χ0n) is 10.7. The molecule has 0 radical (unpaired) electrons. The molecule has 1 N–H and O–H groups in total. The molecule has 0 unspecified atom stereocenters. The highest BCUT2D eigenvalue weighted by Crippen LogP contribution is 2.29. The first-order valence-electron chi connectivity index (χ1n) is 6.49. The van der Waals surface area contributed by atoms with Crippen LogP contribution in [-0.4, -0.2) is 25.7 Å². The van der Waals surface area contributed by atoms with Crippen molar-refractivity contribution >= 4 is 28.1 Å². The molecular formula is C15H13N3OS. The summed E-state index contributed by atoms with van der Waals surface area (Å²) in [6.45, 7) is 0.652. The summed E-state index contributed by atoms with van der Waals surface area (Å²) >= 11 is 1.70. The molecule has 20 heavy (non-hydrogen) atoms. The summed E-state index contributed by atoms with van der Waals surface area (Å²) in [7, 11) is 0. The number of nitrogens with zero attached hydrogens (tertiary/aromatic N) is 3. The summed E-state index contributed by atoms with van der Waals surface area (Å²) in [6, 6.07) is 12.2. The summed E-state index contributed by atoms with van der Waals surface area (Å²) in [4.78, 5) is 5.87. The van der Waals surface area contributed by atoms with Gasteiger partial charge in [-0.2, -0.15) is 0 Å². The van der Waals surface area contributed by atoms with Gasteiger partial charge in [0, 0.05) is 12.7 Å². The summed E-state index contributed by atoms with van der Waals surface area (Å²) in [5.74, 6) is 0.878. The summed E-state index contributed by atoms with van der Waals surface area (Å²) < 4.78 is 4.17. The Hall–Kier alpha value is -2.11. The minimum atomic E-state index is 0.103. The molecule has 1 aromatic carbocycles. The third kappa shape index (κ3) is 1.60. The van der Waals surface area contributed by atoms with Gasteiger partial charge in [-0.25, -0.2) is 4.98 Å². The number of fused-ring (bicyclic) bond motifs is 3. The molecule has 4 nitrogen and oxygen atoms in total. The predicted octanol–water partition coefficient (Wildman–Crippen LogP) is 3.01. The topological polar surface area (TPSA) is 42.5 Å². The highest BCUT2D eigenvalue weighted by Gasteiger charge is 2.15. The number of aliphatic hydroxyl groups excluding tert-OH is 1. The summed E-state index contributed by atoms with van der Waals surface area (Å²) in [6.07, 6.45) is 2.10.